The van der Waals surface area contributed by atoms with Gasteiger partial charge in [-0.2, -0.15) is 5.10 Å². The number of nitrogens with zero attached hydrogens (tertiary/aromatic N) is 5. The summed E-state index contributed by atoms with van der Waals surface area (Å²) < 4.78 is 21.9. The Bertz CT molecular complexity index is 993. The van der Waals surface area contributed by atoms with Gasteiger partial charge in [-0.1, -0.05) is 0 Å². The van der Waals surface area contributed by atoms with Crippen molar-refractivity contribution >= 4 is 23.4 Å². The molecule has 1 fully saturated rings. The molecule has 0 bridgehead atoms. The van der Waals surface area contributed by atoms with Gasteiger partial charge in [0.05, 0.1) is 36.8 Å². The van der Waals surface area contributed by atoms with Gasteiger partial charge in [0, 0.05) is 31.5 Å². The first-order valence-corrected chi connectivity index (χ1v) is 10.4. The minimum absolute atomic E-state index is 0.114. The molecule has 0 aromatic carbocycles. The number of halogens is 1. The number of amidine groups is 1. The molecular weight excluding hydrogens is 405 g/mol. The van der Waals surface area contributed by atoms with E-state index >= 15 is 0 Å². The number of anilines is 1. The van der Waals surface area contributed by atoms with Crippen LogP contribution in [0.4, 0.5) is 20.7 Å². The van der Waals surface area contributed by atoms with E-state index in [9.17, 15) is 9.18 Å². The Balaban J connectivity index is 1.55. The van der Waals surface area contributed by atoms with Crippen molar-refractivity contribution in [2.45, 2.75) is 51.3 Å². The molecule has 2 aromatic rings. The molecule has 166 valence electrons. The van der Waals surface area contributed by atoms with Gasteiger partial charge in [0.15, 0.2) is 5.82 Å². The molecule has 2 aromatic heterocycles. The fourth-order valence-corrected chi connectivity index (χ4v) is 4.08. The van der Waals surface area contributed by atoms with Crippen LogP contribution in [0.15, 0.2) is 23.5 Å². The maximum absolute atomic E-state index is 14.1. The van der Waals surface area contributed by atoms with Crippen molar-refractivity contribution in [3.63, 3.8) is 0 Å². The van der Waals surface area contributed by atoms with Crippen LogP contribution in [-0.4, -0.2) is 55.9 Å². The Hall–Kier alpha value is -3.37. The average Bonchev–Trinajstić information content (AvgIpc) is 3.36. The number of likely N-dealkylation sites (tertiary alicyclic amines) is 1. The largest absolute Gasteiger partial charge is 0.474 e. The maximum atomic E-state index is 14.1. The summed E-state index contributed by atoms with van der Waals surface area (Å²) in [6.45, 7) is 3.58. The number of nitrogens with two attached hydrogens (primary N) is 1. The minimum Gasteiger partial charge on any atom is -0.474 e. The van der Waals surface area contributed by atoms with Crippen molar-refractivity contribution in [1.82, 2.24) is 25.0 Å². The number of nitrogens with one attached hydrogen (secondary N) is 1. The number of carboxylic acid groups (broad SMARTS) is 1. The fourth-order valence-electron chi connectivity index (χ4n) is 4.08. The normalized spacial score (nSPS) is 19.0. The number of rotatable bonds is 6. The molecule has 4 heterocycles. The lowest BCUT2D eigenvalue weighted by Crippen LogP contribution is -2.33. The number of aliphatic imine (C=N–C) groups is 1. The Morgan fingerprint density at radius 2 is 2.29 bits per heavy atom. The van der Waals surface area contributed by atoms with E-state index in [1.165, 1.54) is 6.07 Å². The van der Waals surface area contributed by atoms with Gasteiger partial charge in [0.1, 0.15) is 11.7 Å². The third-order valence-electron chi connectivity index (χ3n) is 5.55. The lowest BCUT2D eigenvalue weighted by Gasteiger charge is -2.31. The molecule has 10 nitrogen and oxygen atoms in total. The topological polar surface area (TPSA) is 131 Å². The number of pyridine rings is 1. The second-order valence-corrected chi connectivity index (χ2v) is 7.77. The number of hydrogen-bond donors (Lipinski definition) is 3. The number of nitrogen functional groups attached to an aromatic ring is 1. The first kappa shape index (κ1) is 20.9. The van der Waals surface area contributed by atoms with E-state index in [4.69, 9.17) is 20.6 Å². The quantitative estimate of drug-likeness (QED) is 0.641. The summed E-state index contributed by atoms with van der Waals surface area (Å²) in [6, 6.07) is 1.35. The molecule has 11 heteroatoms. The van der Waals surface area contributed by atoms with E-state index in [1.54, 1.807) is 10.9 Å². The van der Waals surface area contributed by atoms with Gasteiger partial charge < -0.3 is 25.8 Å². The van der Waals surface area contributed by atoms with Crippen molar-refractivity contribution in [2.75, 3.05) is 18.8 Å². The molecule has 0 spiro atoms. The number of carbonyl (C=O) groups is 1. The van der Waals surface area contributed by atoms with E-state index in [1.807, 2.05) is 6.92 Å². The first-order valence-electron chi connectivity index (χ1n) is 10.4. The standard InChI is InChI=1S/C20H26FN7O3/c1-12(4-6-23-20(29)30)31-19-14(9-13(21)10-24-19)16-3-2-7-27(16)17-5-8-28-18(26-17)15(22)11-25-28/h9-12,16,23H,2-8,22H2,1H3,(H,29,30). The third-order valence-corrected chi connectivity index (χ3v) is 5.55. The van der Waals surface area contributed by atoms with Crippen molar-refractivity contribution in [1.29, 1.82) is 0 Å². The monoisotopic (exact) mass is 431 g/mol. The van der Waals surface area contributed by atoms with Gasteiger partial charge in [0.25, 0.3) is 0 Å². The molecule has 0 aliphatic carbocycles. The Morgan fingerprint density at radius 1 is 1.45 bits per heavy atom. The molecule has 0 radical (unpaired) electrons. The molecule has 1 saturated heterocycles. The van der Waals surface area contributed by atoms with E-state index in [0.29, 0.717) is 42.3 Å². The second-order valence-electron chi connectivity index (χ2n) is 7.77. The van der Waals surface area contributed by atoms with Gasteiger partial charge >= 0.3 is 6.09 Å². The molecule has 31 heavy (non-hydrogen) atoms. The highest BCUT2D eigenvalue weighted by Crippen LogP contribution is 2.39. The molecule has 2 atom stereocenters. The maximum Gasteiger partial charge on any atom is 0.404 e. The highest BCUT2D eigenvalue weighted by Gasteiger charge is 2.33. The van der Waals surface area contributed by atoms with Crippen LogP contribution in [0.3, 0.4) is 0 Å². The predicted octanol–water partition coefficient (Wildman–Crippen LogP) is 2.70. The van der Waals surface area contributed by atoms with Gasteiger partial charge in [-0.25, -0.2) is 23.8 Å². The van der Waals surface area contributed by atoms with Gasteiger partial charge in [0.2, 0.25) is 5.88 Å². The van der Waals surface area contributed by atoms with E-state index in [-0.39, 0.29) is 18.7 Å². The molecule has 2 aliphatic rings. The molecule has 2 unspecified atom stereocenters. The zero-order valence-electron chi connectivity index (χ0n) is 17.3. The molecule has 2 aliphatic heterocycles. The highest BCUT2D eigenvalue weighted by molar-refractivity contribution is 5.87. The Kier molecular flexibility index (Phi) is 5.92. The molecule has 0 saturated carbocycles. The lowest BCUT2D eigenvalue weighted by molar-refractivity contribution is 0.181. The van der Waals surface area contributed by atoms with Gasteiger partial charge in [-0.3, -0.25) is 0 Å². The molecular formula is C20H26FN7O3. The summed E-state index contributed by atoms with van der Waals surface area (Å²) in [5.74, 6) is 1.49. The van der Waals surface area contributed by atoms with Gasteiger partial charge in [-0.05, 0) is 25.8 Å². The second kappa shape index (κ2) is 8.78. The number of fused-ring (bicyclic) bond motifs is 1. The van der Waals surface area contributed by atoms with Crippen molar-refractivity contribution in [3.8, 4) is 5.88 Å². The average molecular weight is 431 g/mol. The van der Waals surface area contributed by atoms with Crippen LogP contribution >= 0.6 is 0 Å². The van der Waals surface area contributed by atoms with Crippen LogP contribution in [0.2, 0.25) is 0 Å². The molecule has 1 amide bonds. The number of hydrogen-bond acceptors (Lipinski definition) is 7. The third kappa shape index (κ3) is 4.54. The number of ether oxygens (including phenoxy) is 1. The summed E-state index contributed by atoms with van der Waals surface area (Å²) in [7, 11) is 0. The van der Waals surface area contributed by atoms with Crippen LogP contribution in [0.25, 0.3) is 0 Å². The van der Waals surface area contributed by atoms with Crippen molar-refractivity contribution in [3.05, 3.63) is 29.8 Å². The smallest absolute Gasteiger partial charge is 0.404 e. The Morgan fingerprint density at radius 3 is 3.10 bits per heavy atom. The summed E-state index contributed by atoms with van der Waals surface area (Å²) in [5.41, 5.74) is 7.20. The van der Waals surface area contributed by atoms with E-state index in [2.05, 4.69) is 20.3 Å². The van der Waals surface area contributed by atoms with Gasteiger partial charge in [-0.15, -0.1) is 0 Å². The predicted molar refractivity (Wildman–Crippen MR) is 112 cm³/mol. The van der Waals surface area contributed by atoms with E-state index < -0.39 is 11.9 Å². The minimum atomic E-state index is -1.08. The highest BCUT2D eigenvalue weighted by atomic mass is 19.1. The number of aryl methyl sites for hydroxylation is 1. The SMILES string of the molecule is CC(CCNC(=O)O)Oc1ncc(F)cc1C1CCCN1C1=Nc2c(N)cnn2CC1. The summed E-state index contributed by atoms with van der Waals surface area (Å²) >= 11 is 0. The lowest BCUT2D eigenvalue weighted by atomic mass is 10.1. The molecule has 4 rings (SSSR count). The van der Waals surface area contributed by atoms with Crippen LogP contribution < -0.4 is 15.8 Å². The summed E-state index contributed by atoms with van der Waals surface area (Å²) in [6.07, 6.45) is 4.31. The fraction of sp³-hybridized carbons (Fsp3) is 0.500. The zero-order valence-corrected chi connectivity index (χ0v) is 17.3. The van der Waals surface area contributed by atoms with Crippen LogP contribution in [0.5, 0.6) is 5.88 Å². The first-order chi connectivity index (χ1) is 14.9. The van der Waals surface area contributed by atoms with Crippen LogP contribution in [0, 0.1) is 5.82 Å². The summed E-state index contributed by atoms with van der Waals surface area (Å²) in [4.78, 5) is 21.7. The van der Waals surface area contributed by atoms with Crippen molar-refractivity contribution < 1.29 is 19.0 Å². The zero-order chi connectivity index (χ0) is 22.0. The summed E-state index contributed by atoms with van der Waals surface area (Å²) in [5, 5.41) is 15.3. The number of aromatic nitrogens is 3. The molecule has 4 N–H and O–H groups in total. The Labute approximate surface area is 178 Å². The van der Waals surface area contributed by atoms with E-state index in [0.717, 1.165) is 31.4 Å². The number of amides is 1. The van der Waals surface area contributed by atoms with Crippen molar-refractivity contribution in [2.24, 2.45) is 4.99 Å². The van der Waals surface area contributed by atoms with Crippen LogP contribution in [0.1, 0.15) is 44.2 Å². The van der Waals surface area contributed by atoms with Crippen LogP contribution in [-0.2, 0) is 6.54 Å².